The highest BCUT2D eigenvalue weighted by Gasteiger charge is 2.27. The van der Waals surface area contributed by atoms with Crippen LogP contribution < -0.4 is 15.0 Å². The number of nitrogens with one attached hydrogen (secondary N) is 1. The average Bonchev–Trinajstić information content (AvgIpc) is 3.10. The first kappa shape index (κ1) is 17.3. The lowest BCUT2D eigenvalue weighted by molar-refractivity contribution is -0.120. The van der Waals surface area contributed by atoms with Crippen LogP contribution in [0.4, 0.5) is 11.5 Å². The van der Waals surface area contributed by atoms with Crippen LogP contribution in [0.2, 0.25) is 0 Å². The van der Waals surface area contributed by atoms with Gasteiger partial charge in [0.25, 0.3) is 0 Å². The summed E-state index contributed by atoms with van der Waals surface area (Å²) in [5, 5.41) is 3.00. The Labute approximate surface area is 157 Å². The minimum Gasteiger partial charge on any atom is -0.497 e. The smallest absolute Gasteiger partial charge is 0.227 e. The van der Waals surface area contributed by atoms with E-state index in [0.717, 1.165) is 54.3 Å². The first-order valence-corrected chi connectivity index (χ1v) is 8.97. The number of rotatable bonds is 4. The number of carbonyl (C=O) groups excluding carboxylic acids is 1. The maximum Gasteiger partial charge on any atom is 0.227 e. The molecule has 0 atom stereocenters. The number of benzene rings is 1. The fourth-order valence-corrected chi connectivity index (χ4v) is 3.44. The maximum atomic E-state index is 12.6. The molecule has 0 spiro atoms. The molecular weight excluding hydrogens is 344 g/mol. The number of imidazole rings is 1. The van der Waals surface area contributed by atoms with Gasteiger partial charge in [0.15, 0.2) is 17.0 Å². The van der Waals surface area contributed by atoms with Crippen LogP contribution in [0, 0.1) is 5.92 Å². The molecule has 0 saturated carbocycles. The van der Waals surface area contributed by atoms with Gasteiger partial charge in [0, 0.05) is 31.7 Å². The lowest BCUT2D eigenvalue weighted by Crippen LogP contribution is -2.38. The number of amides is 1. The molecule has 8 nitrogen and oxygen atoms in total. The molecule has 0 bridgehead atoms. The van der Waals surface area contributed by atoms with Gasteiger partial charge in [-0.3, -0.25) is 4.79 Å². The Hall–Kier alpha value is -3.16. The van der Waals surface area contributed by atoms with Crippen molar-refractivity contribution in [3.05, 3.63) is 36.9 Å². The van der Waals surface area contributed by atoms with Crippen LogP contribution in [0.1, 0.15) is 12.8 Å². The maximum absolute atomic E-state index is 12.6. The van der Waals surface area contributed by atoms with Crippen molar-refractivity contribution in [3.63, 3.8) is 0 Å². The van der Waals surface area contributed by atoms with E-state index in [9.17, 15) is 4.79 Å². The number of aromatic nitrogens is 4. The Balaban J connectivity index is 1.40. The van der Waals surface area contributed by atoms with Crippen LogP contribution in [-0.2, 0) is 11.8 Å². The highest BCUT2D eigenvalue weighted by atomic mass is 16.5. The van der Waals surface area contributed by atoms with Crippen molar-refractivity contribution >= 4 is 28.6 Å². The van der Waals surface area contributed by atoms with Crippen LogP contribution in [0.15, 0.2) is 36.9 Å². The lowest BCUT2D eigenvalue weighted by atomic mass is 9.95. The van der Waals surface area contributed by atoms with Crippen molar-refractivity contribution in [1.82, 2.24) is 19.5 Å². The highest BCUT2D eigenvalue weighted by Crippen LogP contribution is 2.27. The van der Waals surface area contributed by atoms with Gasteiger partial charge < -0.3 is 19.5 Å². The molecule has 1 amide bonds. The normalized spacial score (nSPS) is 15.1. The van der Waals surface area contributed by atoms with Gasteiger partial charge in [0.2, 0.25) is 5.91 Å². The van der Waals surface area contributed by atoms with Crippen LogP contribution in [0.25, 0.3) is 11.2 Å². The first-order valence-electron chi connectivity index (χ1n) is 8.97. The molecule has 0 aliphatic carbocycles. The zero-order valence-corrected chi connectivity index (χ0v) is 15.4. The number of anilines is 2. The number of aryl methyl sites for hydroxylation is 1. The molecule has 2 aromatic heterocycles. The second-order valence-electron chi connectivity index (χ2n) is 6.70. The van der Waals surface area contributed by atoms with Crippen LogP contribution in [0.3, 0.4) is 0 Å². The number of carbonyl (C=O) groups is 1. The molecule has 1 saturated heterocycles. The second-order valence-corrected chi connectivity index (χ2v) is 6.70. The van der Waals surface area contributed by atoms with Gasteiger partial charge in [0.1, 0.15) is 12.1 Å². The Kier molecular flexibility index (Phi) is 4.62. The number of methoxy groups -OCH3 is 1. The van der Waals surface area contributed by atoms with E-state index in [-0.39, 0.29) is 11.8 Å². The number of nitrogens with zero attached hydrogens (tertiary/aromatic N) is 5. The summed E-state index contributed by atoms with van der Waals surface area (Å²) in [7, 11) is 3.54. The third-order valence-corrected chi connectivity index (χ3v) is 5.00. The second kappa shape index (κ2) is 7.22. The number of ether oxygens (including phenoxy) is 1. The quantitative estimate of drug-likeness (QED) is 0.762. The highest BCUT2D eigenvalue weighted by molar-refractivity contribution is 5.93. The molecule has 8 heteroatoms. The average molecular weight is 366 g/mol. The van der Waals surface area contributed by atoms with Crippen molar-refractivity contribution < 1.29 is 9.53 Å². The summed E-state index contributed by atoms with van der Waals surface area (Å²) in [5.74, 6) is 1.66. The van der Waals surface area contributed by atoms with Gasteiger partial charge in [-0.05, 0) is 37.1 Å². The van der Waals surface area contributed by atoms with E-state index in [1.54, 1.807) is 19.8 Å². The van der Waals surface area contributed by atoms with Crippen molar-refractivity contribution in [2.75, 3.05) is 30.4 Å². The predicted octanol–water partition coefficient (Wildman–Crippen LogP) is 2.23. The molecule has 27 heavy (non-hydrogen) atoms. The fraction of sp³-hybridized carbons (Fsp3) is 0.368. The van der Waals surface area contributed by atoms with E-state index >= 15 is 0 Å². The standard InChI is InChI=1S/C19H22N6O2/c1-24-12-22-16-17(24)20-11-21-18(16)25-9-7-13(8-10-25)19(26)23-14-3-5-15(27-2)6-4-14/h3-6,11-13H,7-10H2,1-2H3,(H,23,26). The molecule has 1 N–H and O–H groups in total. The molecule has 3 heterocycles. The molecule has 1 aliphatic rings. The summed E-state index contributed by atoms with van der Waals surface area (Å²) in [6, 6.07) is 7.38. The third-order valence-electron chi connectivity index (χ3n) is 5.00. The van der Waals surface area contributed by atoms with E-state index in [1.165, 1.54) is 0 Å². The van der Waals surface area contributed by atoms with Gasteiger partial charge in [-0.1, -0.05) is 0 Å². The molecular formula is C19H22N6O2. The Morgan fingerprint density at radius 2 is 1.89 bits per heavy atom. The molecule has 140 valence electrons. The van der Waals surface area contributed by atoms with Gasteiger partial charge in [-0.2, -0.15) is 0 Å². The fourth-order valence-electron chi connectivity index (χ4n) is 3.44. The molecule has 1 aromatic carbocycles. The molecule has 0 unspecified atom stereocenters. The van der Waals surface area contributed by atoms with E-state index in [0.29, 0.717) is 0 Å². The zero-order valence-electron chi connectivity index (χ0n) is 15.4. The SMILES string of the molecule is COc1ccc(NC(=O)C2CCN(c3ncnc4c3ncn4C)CC2)cc1. The minimum absolute atomic E-state index is 0.00980. The van der Waals surface area contributed by atoms with Gasteiger partial charge in [0.05, 0.1) is 13.4 Å². The number of hydrogen-bond acceptors (Lipinski definition) is 6. The van der Waals surface area contributed by atoms with Crippen molar-refractivity contribution in [2.24, 2.45) is 13.0 Å². The Morgan fingerprint density at radius 3 is 2.59 bits per heavy atom. The summed E-state index contributed by atoms with van der Waals surface area (Å²) < 4.78 is 7.03. The number of piperidine rings is 1. The molecule has 1 aliphatic heterocycles. The van der Waals surface area contributed by atoms with Crippen molar-refractivity contribution in [1.29, 1.82) is 0 Å². The third kappa shape index (κ3) is 3.42. The summed E-state index contributed by atoms with van der Waals surface area (Å²) >= 11 is 0. The topological polar surface area (TPSA) is 85.2 Å². The van der Waals surface area contributed by atoms with E-state index in [2.05, 4.69) is 25.2 Å². The molecule has 0 radical (unpaired) electrons. The molecule has 1 fully saturated rings. The van der Waals surface area contributed by atoms with Gasteiger partial charge in [-0.15, -0.1) is 0 Å². The number of fused-ring (bicyclic) bond motifs is 1. The Morgan fingerprint density at radius 1 is 1.15 bits per heavy atom. The van der Waals surface area contributed by atoms with Crippen LogP contribution in [0.5, 0.6) is 5.75 Å². The molecule has 4 rings (SSSR count). The minimum atomic E-state index is -0.00980. The summed E-state index contributed by atoms with van der Waals surface area (Å²) in [5.41, 5.74) is 2.41. The first-order chi connectivity index (χ1) is 13.2. The van der Waals surface area contributed by atoms with Gasteiger partial charge >= 0.3 is 0 Å². The zero-order chi connectivity index (χ0) is 18.8. The lowest BCUT2D eigenvalue weighted by Gasteiger charge is -2.32. The van der Waals surface area contributed by atoms with E-state index in [4.69, 9.17) is 4.74 Å². The summed E-state index contributed by atoms with van der Waals surface area (Å²) in [6.45, 7) is 1.53. The number of hydrogen-bond donors (Lipinski definition) is 1. The van der Waals surface area contributed by atoms with Crippen molar-refractivity contribution in [2.45, 2.75) is 12.8 Å². The predicted molar refractivity (Wildman–Crippen MR) is 103 cm³/mol. The van der Waals surface area contributed by atoms with Crippen LogP contribution >= 0.6 is 0 Å². The largest absolute Gasteiger partial charge is 0.497 e. The van der Waals surface area contributed by atoms with Gasteiger partial charge in [-0.25, -0.2) is 15.0 Å². The summed E-state index contributed by atoms with van der Waals surface area (Å²) in [6.07, 6.45) is 4.88. The Bertz CT molecular complexity index is 944. The van der Waals surface area contributed by atoms with E-state index in [1.807, 2.05) is 35.9 Å². The molecule has 3 aromatic rings. The summed E-state index contributed by atoms with van der Waals surface area (Å²) in [4.78, 5) is 27.9. The van der Waals surface area contributed by atoms with E-state index < -0.39 is 0 Å². The van der Waals surface area contributed by atoms with Crippen LogP contribution in [-0.4, -0.2) is 45.6 Å². The van der Waals surface area contributed by atoms with Crippen molar-refractivity contribution in [3.8, 4) is 5.75 Å². The monoisotopic (exact) mass is 366 g/mol.